The molecule has 0 spiro atoms. The molecule has 1 aromatic heterocycles. The van der Waals surface area contributed by atoms with Gasteiger partial charge >= 0.3 is 11.9 Å². The average molecular weight is 328 g/mol. The van der Waals surface area contributed by atoms with Crippen LogP contribution in [0.4, 0.5) is 0 Å². The van der Waals surface area contributed by atoms with Gasteiger partial charge in [-0.15, -0.1) is 0 Å². The summed E-state index contributed by atoms with van der Waals surface area (Å²) >= 11 is 0. The smallest absolute Gasteiger partial charge is 0.358 e. The Morgan fingerprint density at radius 1 is 1.25 bits per heavy atom. The van der Waals surface area contributed by atoms with Crippen LogP contribution in [0.2, 0.25) is 0 Å². The molecule has 126 valence electrons. The van der Waals surface area contributed by atoms with E-state index in [-0.39, 0.29) is 12.3 Å². The fourth-order valence-corrected chi connectivity index (χ4v) is 2.16. The van der Waals surface area contributed by atoms with Crippen molar-refractivity contribution in [1.82, 2.24) is 9.78 Å². The van der Waals surface area contributed by atoms with E-state index in [2.05, 4.69) is 5.10 Å². The summed E-state index contributed by atoms with van der Waals surface area (Å²) in [5.41, 5.74) is 1.75. The van der Waals surface area contributed by atoms with Crippen LogP contribution in [0, 0.1) is 0 Å². The number of aromatic nitrogens is 2. The van der Waals surface area contributed by atoms with Crippen LogP contribution in [0.5, 0.6) is 0 Å². The van der Waals surface area contributed by atoms with E-state index in [4.69, 9.17) is 9.47 Å². The Morgan fingerprint density at radius 3 is 2.58 bits per heavy atom. The van der Waals surface area contributed by atoms with Gasteiger partial charge in [0.2, 0.25) is 0 Å². The molecule has 0 radical (unpaired) electrons. The first kappa shape index (κ1) is 17.5. The number of methoxy groups -OCH3 is 1. The molecular formula is C18H20N2O4. The van der Waals surface area contributed by atoms with E-state index in [1.165, 1.54) is 11.8 Å². The molecule has 1 aromatic carbocycles. The lowest BCUT2D eigenvalue weighted by atomic mass is 10.2. The number of carbonyl (C=O) groups excluding carboxylic acids is 2. The second-order valence-electron chi connectivity index (χ2n) is 5.06. The summed E-state index contributed by atoms with van der Waals surface area (Å²) in [7, 11) is 1.29. The molecule has 0 saturated carbocycles. The Hall–Kier alpha value is -2.89. The van der Waals surface area contributed by atoms with Gasteiger partial charge in [0.15, 0.2) is 5.69 Å². The Bertz CT molecular complexity index is 735. The minimum atomic E-state index is -0.654. The summed E-state index contributed by atoms with van der Waals surface area (Å²) in [6.07, 6.45) is 3.68. The number of esters is 2. The molecule has 6 heteroatoms. The molecule has 0 amide bonds. The van der Waals surface area contributed by atoms with Crippen molar-refractivity contribution >= 4 is 24.1 Å². The minimum Gasteiger partial charge on any atom is -0.464 e. The molecule has 2 aromatic rings. The van der Waals surface area contributed by atoms with E-state index in [9.17, 15) is 9.59 Å². The number of carbonyl (C=O) groups is 2. The molecule has 0 bridgehead atoms. The SMILES string of the molecule is CCOC(=O)C(C)n1nc(C(=O)OC)cc1/C=C/c1ccccc1. The summed E-state index contributed by atoms with van der Waals surface area (Å²) in [6.45, 7) is 3.69. The van der Waals surface area contributed by atoms with Gasteiger partial charge < -0.3 is 9.47 Å². The first-order valence-electron chi connectivity index (χ1n) is 7.64. The second-order valence-corrected chi connectivity index (χ2v) is 5.06. The van der Waals surface area contributed by atoms with Crippen molar-refractivity contribution in [3.63, 3.8) is 0 Å². The third-order valence-corrected chi connectivity index (χ3v) is 3.40. The van der Waals surface area contributed by atoms with Crippen molar-refractivity contribution in [2.75, 3.05) is 13.7 Å². The quantitative estimate of drug-likeness (QED) is 0.763. The van der Waals surface area contributed by atoms with Crippen LogP contribution >= 0.6 is 0 Å². The van der Waals surface area contributed by atoms with Gasteiger partial charge in [0.05, 0.1) is 19.4 Å². The van der Waals surface area contributed by atoms with Gasteiger partial charge in [0, 0.05) is 0 Å². The summed E-state index contributed by atoms with van der Waals surface area (Å²) in [5.74, 6) is -0.967. The Morgan fingerprint density at radius 2 is 1.96 bits per heavy atom. The van der Waals surface area contributed by atoms with E-state index < -0.39 is 18.0 Å². The highest BCUT2D eigenvalue weighted by atomic mass is 16.5. The molecule has 0 saturated heterocycles. The summed E-state index contributed by atoms with van der Waals surface area (Å²) < 4.78 is 11.2. The summed E-state index contributed by atoms with van der Waals surface area (Å²) in [6, 6.07) is 10.6. The maximum absolute atomic E-state index is 12.0. The van der Waals surface area contributed by atoms with E-state index in [0.29, 0.717) is 5.69 Å². The molecule has 0 aliphatic carbocycles. The highest BCUT2D eigenvalue weighted by Gasteiger charge is 2.22. The highest BCUT2D eigenvalue weighted by Crippen LogP contribution is 2.17. The van der Waals surface area contributed by atoms with E-state index in [0.717, 1.165) is 5.56 Å². The van der Waals surface area contributed by atoms with Crippen molar-refractivity contribution in [2.24, 2.45) is 0 Å². The zero-order valence-corrected chi connectivity index (χ0v) is 13.9. The maximum Gasteiger partial charge on any atom is 0.358 e. The van der Waals surface area contributed by atoms with Gasteiger partial charge in [-0.05, 0) is 31.6 Å². The van der Waals surface area contributed by atoms with E-state index >= 15 is 0 Å². The van der Waals surface area contributed by atoms with Gasteiger partial charge in [-0.1, -0.05) is 36.4 Å². The lowest BCUT2D eigenvalue weighted by Gasteiger charge is -2.12. The molecule has 1 atom stereocenters. The lowest BCUT2D eigenvalue weighted by molar-refractivity contribution is -0.146. The molecule has 6 nitrogen and oxygen atoms in total. The first-order chi connectivity index (χ1) is 11.6. The van der Waals surface area contributed by atoms with Gasteiger partial charge in [-0.25, -0.2) is 9.59 Å². The molecule has 2 rings (SSSR count). The number of benzene rings is 1. The molecule has 0 aliphatic rings. The Labute approximate surface area is 140 Å². The van der Waals surface area contributed by atoms with Crippen LogP contribution in [0.1, 0.15) is 41.6 Å². The number of rotatable bonds is 6. The zero-order chi connectivity index (χ0) is 17.5. The Balaban J connectivity index is 2.37. The van der Waals surface area contributed by atoms with Crippen LogP contribution < -0.4 is 0 Å². The fourth-order valence-electron chi connectivity index (χ4n) is 2.16. The largest absolute Gasteiger partial charge is 0.464 e. The minimum absolute atomic E-state index is 0.140. The molecule has 0 N–H and O–H groups in total. The topological polar surface area (TPSA) is 70.4 Å². The first-order valence-corrected chi connectivity index (χ1v) is 7.64. The highest BCUT2D eigenvalue weighted by molar-refractivity contribution is 5.88. The number of ether oxygens (including phenoxy) is 2. The summed E-state index contributed by atoms with van der Waals surface area (Å²) in [5, 5.41) is 4.19. The van der Waals surface area contributed by atoms with Crippen LogP contribution in [0.25, 0.3) is 12.2 Å². The van der Waals surface area contributed by atoms with E-state index in [1.807, 2.05) is 36.4 Å². The molecule has 24 heavy (non-hydrogen) atoms. The van der Waals surface area contributed by atoms with E-state index in [1.54, 1.807) is 26.0 Å². The van der Waals surface area contributed by atoms with Gasteiger partial charge in [-0.3, -0.25) is 4.68 Å². The van der Waals surface area contributed by atoms with Gasteiger partial charge in [0.1, 0.15) is 6.04 Å². The summed E-state index contributed by atoms with van der Waals surface area (Å²) in [4.78, 5) is 23.7. The van der Waals surface area contributed by atoms with Crippen LogP contribution in [-0.4, -0.2) is 35.4 Å². The van der Waals surface area contributed by atoms with Crippen molar-refractivity contribution < 1.29 is 19.1 Å². The van der Waals surface area contributed by atoms with Crippen molar-refractivity contribution in [3.8, 4) is 0 Å². The van der Waals surface area contributed by atoms with Gasteiger partial charge in [0.25, 0.3) is 0 Å². The number of hydrogen-bond acceptors (Lipinski definition) is 5. The number of nitrogens with zero attached hydrogens (tertiary/aromatic N) is 2. The van der Waals surface area contributed by atoms with Crippen LogP contribution in [0.15, 0.2) is 36.4 Å². The molecular weight excluding hydrogens is 308 g/mol. The molecule has 0 fully saturated rings. The zero-order valence-electron chi connectivity index (χ0n) is 13.9. The fraction of sp³-hybridized carbons (Fsp3) is 0.278. The second kappa shape index (κ2) is 8.10. The Kier molecular flexibility index (Phi) is 5.89. The molecule has 0 aliphatic heterocycles. The standard InChI is InChI=1S/C18H20N2O4/c1-4-24-17(21)13(2)20-15(12-16(19-20)18(22)23-3)11-10-14-8-6-5-7-9-14/h5-13H,4H2,1-3H3/b11-10+. The van der Waals surface area contributed by atoms with Gasteiger partial charge in [-0.2, -0.15) is 5.10 Å². The van der Waals surface area contributed by atoms with Crippen molar-refractivity contribution in [2.45, 2.75) is 19.9 Å². The predicted octanol–water partition coefficient (Wildman–Crippen LogP) is 2.96. The van der Waals surface area contributed by atoms with Crippen LogP contribution in [-0.2, 0) is 14.3 Å². The normalized spacial score (nSPS) is 12.1. The van der Waals surface area contributed by atoms with Crippen molar-refractivity contribution in [3.05, 3.63) is 53.3 Å². The third-order valence-electron chi connectivity index (χ3n) is 3.40. The third kappa shape index (κ3) is 4.10. The molecule has 1 heterocycles. The lowest BCUT2D eigenvalue weighted by Crippen LogP contribution is -2.21. The van der Waals surface area contributed by atoms with Crippen molar-refractivity contribution in [1.29, 1.82) is 0 Å². The molecule has 1 unspecified atom stereocenters. The maximum atomic E-state index is 12.0. The predicted molar refractivity (Wildman–Crippen MR) is 90.3 cm³/mol. The average Bonchev–Trinajstić information content (AvgIpc) is 3.04. The number of hydrogen-bond donors (Lipinski definition) is 0. The monoisotopic (exact) mass is 328 g/mol. The van der Waals surface area contributed by atoms with Crippen LogP contribution in [0.3, 0.4) is 0 Å².